The largest absolute Gasteiger partial charge is 0.497 e. The Balaban J connectivity index is 2.01. The molecule has 0 heterocycles. The van der Waals surface area contributed by atoms with Gasteiger partial charge in [0.2, 0.25) is 0 Å². The quantitative estimate of drug-likeness (QED) is 0.632. The van der Waals surface area contributed by atoms with E-state index in [4.69, 9.17) is 4.74 Å². The van der Waals surface area contributed by atoms with Crippen molar-refractivity contribution >= 4 is 0 Å². The van der Waals surface area contributed by atoms with Crippen molar-refractivity contribution in [1.29, 1.82) is 0 Å². The summed E-state index contributed by atoms with van der Waals surface area (Å²) in [5.41, 5.74) is 1.29. The van der Waals surface area contributed by atoms with Crippen LogP contribution in [0, 0.1) is 5.92 Å². The lowest BCUT2D eigenvalue weighted by Crippen LogP contribution is -2.14. The third kappa shape index (κ3) is 7.89. The van der Waals surface area contributed by atoms with Crippen LogP contribution in [0.3, 0.4) is 0 Å². The predicted octanol–water partition coefficient (Wildman–Crippen LogP) is 4.39. The van der Waals surface area contributed by atoms with Crippen LogP contribution in [-0.2, 0) is 6.54 Å². The molecule has 0 aliphatic rings. The lowest BCUT2D eigenvalue weighted by Gasteiger charge is -2.07. The molecule has 0 bridgehead atoms. The van der Waals surface area contributed by atoms with E-state index in [1.165, 1.54) is 37.7 Å². The Kier molecular flexibility index (Phi) is 8.31. The van der Waals surface area contributed by atoms with Crippen LogP contribution in [0.25, 0.3) is 0 Å². The Morgan fingerprint density at radius 3 is 2.63 bits per heavy atom. The third-order valence-electron chi connectivity index (χ3n) is 3.35. The Morgan fingerprint density at radius 2 is 1.89 bits per heavy atom. The van der Waals surface area contributed by atoms with E-state index in [0.717, 1.165) is 24.8 Å². The van der Waals surface area contributed by atoms with Crippen LogP contribution in [0.2, 0.25) is 0 Å². The molecule has 0 aliphatic heterocycles. The van der Waals surface area contributed by atoms with Crippen LogP contribution in [-0.4, -0.2) is 13.7 Å². The zero-order valence-corrected chi connectivity index (χ0v) is 12.7. The molecule has 0 saturated carbocycles. The van der Waals surface area contributed by atoms with Gasteiger partial charge in [-0.1, -0.05) is 51.7 Å². The molecule has 1 N–H and O–H groups in total. The van der Waals surface area contributed by atoms with Gasteiger partial charge >= 0.3 is 0 Å². The van der Waals surface area contributed by atoms with Crippen LogP contribution in [0.4, 0.5) is 0 Å². The van der Waals surface area contributed by atoms with Crippen molar-refractivity contribution < 1.29 is 4.74 Å². The summed E-state index contributed by atoms with van der Waals surface area (Å²) in [5, 5.41) is 3.50. The number of benzene rings is 1. The van der Waals surface area contributed by atoms with E-state index in [0.29, 0.717) is 0 Å². The summed E-state index contributed by atoms with van der Waals surface area (Å²) in [6.45, 7) is 6.65. The SMILES string of the molecule is COc1cccc(CNCCCCCCC(C)C)c1. The van der Waals surface area contributed by atoms with Crippen molar-refractivity contribution in [3.8, 4) is 5.75 Å². The first-order valence-corrected chi connectivity index (χ1v) is 7.56. The molecular formula is C17H29NO. The molecule has 19 heavy (non-hydrogen) atoms. The van der Waals surface area contributed by atoms with E-state index < -0.39 is 0 Å². The van der Waals surface area contributed by atoms with Crippen molar-refractivity contribution in [2.75, 3.05) is 13.7 Å². The van der Waals surface area contributed by atoms with E-state index in [1.54, 1.807) is 7.11 Å². The summed E-state index contributed by atoms with van der Waals surface area (Å²) in [7, 11) is 1.71. The Hall–Kier alpha value is -1.02. The maximum atomic E-state index is 5.22. The van der Waals surface area contributed by atoms with E-state index in [9.17, 15) is 0 Å². The summed E-state index contributed by atoms with van der Waals surface area (Å²) in [5.74, 6) is 1.79. The molecule has 108 valence electrons. The highest BCUT2D eigenvalue weighted by molar-refractivity contribution is 5.28. The smallest absolute Gasteiger partial charge is 0.119 e. The minimum Gasteiger partial charge on any atom is -0.497 e. The molecule has 0 atom stereocenters. The highest BCUT2D eigenvalue weighted by Crippen LogP contribution is 2.12. The van der Waals surface area contributed by atoms with Crippen LogP contribution in [0.5, 0.6) is 5.75 Å². The molecule has 0 saturated heterocycles. The maximum Gasteiger partial charge on any atom is 0.119 e. The van der Waals surface area contributed by atoms with Crippen LogP contribution < -0.4 is 10.1 Å². The first-order valence-electron chi connectivity index (χ1n) is 7.56. The van der Waals surface area contributed by atoms with Crippen LogP contribution >= 0.6 is 0 Å². The van der Waals surface area contributed by atoms with Gasteiger partial charge in [-0.3, -0.25) is 0 Å². The number of unbranched alkanes of at least 4 members (excludes halogenated alkanes) is 3. The second kappa shape index (κ2) is 9.85. The van der Waals surface area contributed by atoms with Gasteiger partial charge in [0.25, 0.3) is 0 Å². The summed E-state index contributed by atoms with van der Waals surface area (Å²) >= 11 is 0. The van der Waals surface area contributed by atoms with Gasteiger partial charge in [0.05, 0.1) is 7.11 Å². The molecule has 1 aromatic rings. The van der Waals surface area contributed by atoms with Crippen molar-refractivity contribution in [1.82, 2.24) is 5.32 Å². The fourth-order valence-electron chi connectivity index (χ4n) is 2.17. The number of methoxy groups -OCH3 is 1. The lowest BCUT2D eigenvalue weighted by molar-refractivity contribution is 0.414. The van der Waals surface area contributed by atoms with Crippen LogP contribution in [0.15, 0.2) is 24.3 Å². The van der Waals surface area contributed by atoms with Gasteiger partial charge in [-0.15, -0.1) is 0 Å². The zero-order chi connectivity index (χ0) is 13.9. The van der Waals surface area contributed by atoms with Gasteiger partial charge in [-0.25, -0.2) is 0 Å². The fraction of sp³-hybridized carbons (Fsp3) is 0.647. The Labute approximate surface area is 118 Å². The van der Waals surface area contributed by atoms with E-state index in [2.05, 4.69) is 31.3 Å². The standard InChI is InChI=1S/C17H29NO/c1-15(2)9-6-4-5-7-12-18-14-16-10-8-11-17(13-16)19-3/h8,10-11,13,15,18H,4-7,9,12,14H2,1-3H3. The number of hydrogen-bond acceptors (Lipinski definition) is 2. The fourth-order valence-corrected chi connectivity index (χ4v) is 2.17. The molecule has 0 fully saturated rings. The van der Waals surface area contributed by atoms with Crippen LogP contribution in [0.1, 0.15) is 51.5 Å². The number of hydrogen-bond donors (Lipinski definition) is 1. The molecule has 0 amide bonds. The molecule has 0 radical (unpaired) electrons. The number of rotatable bonds is 10. The topological polar surface area (TPSA) is 21.3 Å². The van der Waals surface area contributed by atoms with Gasteiger partial charge in [0, 0.05) is 6.54 Å². The van der Waals surface area contributed by atoms with Gasteiger partial charge in [-0.2, -0.15) is 0 Å². The van der Waals surface area contributed by atoms with E-state index in [-0.39, 0.29) is 0 Å². The average Bonchev–Trinajstić information content (AvgIpc) is 2.41. The van der Waals surface area contributed by atoms with Crippen molar-refractivity contribution in [2.24, 2.45) is 5.92 Å². The average molecular weight is 263 g/mol. The van der Waals surface area contributed by atoms with Crippen molar-refractivity contribution in [3.63, 3.8) is 0 Å². The van der Waals surface area contributed by atoms with E-state index >= 15 is 0 Å². The van der Waals surface area contributed by atoms with Crippen molar-refractivity contribution in [3.05, 3.63) is 29.8 Å². The monoisotopic (exact) mass is 263 g/mol. The molecule has 1 aromatic carbocycles. The van der Waals surface area contributed by atoms with Gasteiger partial charge in [0.1, 0.15) is 5.75 Å². The summed E-state index contributed by atoms with van der Waals surface area (Å²) < 4.78 is 5.22. The minimum atomic E-state index is 0.853. The Morgan fingerprint density at radius 1 is 1.11 bits per heavy atom. The molecule has 0 aliphatic carbocycles. The molecular weight excluding hydrogens is 234 g/mol. The molecule has 0 aromatic heterocycles. The molecule has 0 unspecified atom stereocenters. The van der Waals surface area contributed by atoms with Gasteiger partial charge in [0.15, 0.2) is 0 Å². The second-order valence-corrected chi connectivity index (χ2v) is 5.63. The zero-order valence-electron chi connectivity index (χ0n) is 12.7. The first kappa shape index (κ1) is 16.0. The summed E-state index contributed by atoms with van der Waals surface area (Å²) in [6, 6.07) is 8.26. The van der Waals surface area contributed by atoms with Gasteiger partial charge < -0.3 is 10.1 Å². The minimum absolute atomic E-state index is 0.853. The predicted molar refractivity (Wildman–Crippen MR) is 82.6 cm³/mol. The molecule has 0 spiro atoms. The number of nitrogens with one attached hydrogen (secondary N) is 1. The highest BCUT2D eigenvalue weighted by Gasteiger charge is 1.96. The maximum absolute atomic E-state index is 5.22. The highest BCUT2D eigenvalue weighted by atomic mass is 16.5. The second-order valence-electron chi connectivity index (χ2n) is 5.63. The third-order valence-corrected chi connectivity index (χ3v) is 3.35. The molecule has 1 rings (SSSR count). The first-order chi connectivity index (χ1) is 9.22. The normalized spacial score (nSPS) is 10.9. The summed E-state index contributed by atoms with van der Waals surface area (Å²) in [6.07, 6.45) is 6.75. The van der Waals surface area contributed by atoms with E-state index in [1.807, 2.05) is 12.1 Å². The molecule has 2 nitrogen and oxygen atoms in total. The Bertz CT molecular complexity index is 336. The van der Waals surface area contributed by atoms with Crippen molar-refractivity contribution in [2.45, 2.75) is 52.5 Å². The number of ether oxygens (including phenoxy) is 1. The lowest BCUT2D eigenvalue weighted by atomic mass is 10.0. The molecule has 2 heteroatoms. The van der Waals surface area contributed by atoms with Gasteiger partial charge in [-0.05, 0) is 36.6 Å². The summed E-state index contributed by atoms with van der Waals surface area (Å²) in [4.78, 5) is 0.